The number of pyridine rings is 1. The summed E-state index contributed by atoms with van der Waals surface area (Å²) >= 11 is 0. The zero-order chi connectivity index (χ0) is 21.1. The highest BCUT2D eigenvalue weighted by Gasteiger charge is 2.16. The number of rotatable bonds is 14. The highest BCUT2D eigenvalue weighted by molar-refractivity contribution is 5.66. The molecule has 0 aliphatic carbocycles. The van der Waals surface area contributed by atoms with Crippen LogP contribution in [0.2, 0.25) is 0 Å². The summed E-state index contributed by atoms with van der Waals surface area (Å²) in [5.41, 5.74) is 8.42. The number of nitrogens with one attached hydrogen (secondary N) is 1. The third-order valence-corrected chi connectivity index (χ3v) is 4.97. The van der Waals surface area contributed by atoms with Gasteiger partial charge in [0.2, 0.25) is 0 Å². The zero-order valence-corrected chi connectivity index (χ0v) is 16.8. The molecular formula is C20H32F2N4O3. The molecule has 1 aromatic rings. The van der Waals surface area contributed by atoms with Gasteiger partial charge in [-0.05, 0) is 56.7 Å². The van der Waals surface area contributed by atoms with E-state index in [-0.39, 0.29) is 13.0 Å². The van der Waals surface area contributed by atoms with Crippen molar-refractivity contribution in [2.24, 2.45) is 5.73 Å². The Balaban J connectivity index is 1.76. The van der Waals surface area contributed by atoms with E-state index >= 15 is 0 Å². The lowest BCUT2D eigenvalue weighted by Crippen LogP contribution is -2.44. The number of aryl methyl sites for hydroxylation is 2. The summed E-state index contributed by atoms with van der Waals surface area (Å²) in [5, 5.41) is 12.2. The number of carboxylic acids is 1. The number of alkyl halides is 2. The summed E-state index contributed by atoms with van der Waals surface area (Å²) in [5.74, 6) is 0.0868. The van der Waals surface area contributed by atoms with Crippen LogP contribution in [0, 0.1) is 0 Å². The van der Waals surface area contributed by atoms with Crippen LogP contribution in [0.25, 0.3) is 0 Å². The van der Waals surface area contributed by atoms with Crippen molar-refractivity contribution in [3.05, 3.63) is 23.4 Å². The van der Waals surface area contributed by atoms with Crippen LogP contribution in [0.4, 0.5) is 14.6 Å². The number of carboxylic acid groups (broad SMARTS) is 1. The number of aromatic nitrogens is 1. The highest BCUT2D eigenvalue weighted by atomic mass is 19.3. The van der Waals surface area contributed by atoms with E-state index in [1.54, 1.807) is 0 Å². The minimum absolute atomic E-state index is 0.0262. The van der Waals surface area contributed by atoms with Crippen LogP contribution in [0.3, 0.4) is 0 Å². The number of unbranched alkanes of at least 4 members (excludes halogenated alkanes) is 1. The number of halogens is 2. The summed E-state index contributed by atoms with van der Waals surface area (Å²) < 4.78 is 29.4. The van der Waals surface area contributed by atoms with Crippen LogP contribution in [0.15, 0.2) is 12.1 Å². The fourth-order valence-electron chi connectivity index (χ4n) is 3.38. The molecule has 7 nitrogen and oxygen atoms in total. The predicted molar refractivity (Wildman–Crippen MR) is 107 cm³/mol. The number of nitrogens with two attached hydrogens (primary N) is 1. The molecule has 2 heterocycles. The molecule has 0 saturated carbocycles. The summed E-state index contributed by atoms with van der Waals surface area (Å²) in [6.45, 7) is 1.55. The van der Waals surface area contributed by atoms with Crippen molar-refractivity contribution in [3.63, 3.8) is 0 Å². The van der Waals surface area contributed by atoms with Crippen molar-refractivity contribution in [1.29, 1.82) is 0 Å². The standard InChI is InChI=1S/C20H32F2N4O3/c21-17(22)14-29-13-12-26(18(23)8-9-19(27)28)11-2-1-5-16-7-6-15-4-3-10-24-20(15)25-16/h6-7,17-18H,1-5,8-14,23H2,(H,24,25)(H,27,28). The second-order valence-electron chi connectivity index (χ2n) is 7.30. The molecular weight excluding hydrogens is 382 g/mol. The monoisotopic (exact) mass is 414 g/mol. The molecule has 1 aliphatic rings. The molecule has 0 bridgehead atoms. The van der Waals surface area contributed by atoms with Crippen LogP contribution in [0.1, 0.15) is 43.4 Å². The Morgan fingerprint density at radius 1 is 1.34 bits per heavy atom. The van der Waals surface area contributed by atoms with Gasteiger partial charge in [0.25, 0.3) is 6.43 Å². The molecule has 0 aromatic carbocycles. The topological polar surface area (TPSA) is 101 Å². The van der Waals surface area contributed by atoms with Crippen molar-refractivity contribution < 1.29 is 23.4 Å². The number of aliphatic carboxylic acids is 1. The minimum atomic E-state index is -2.50. The summed E-state index contributed by atoms with van der Waals surface area (Å²) in [7, 11) is 0. The Kier molecular flexibility index (Phi) is 10.2. The minimum Gasteiger partial charge on any atom is -0.481 e. The van der Waals surface area contributed by atoms with Gasteiger partial charge < -0.3 is 20.9 Å². The highest BCUT2D eigenvalue weighted by Crippen LogP contribution is 2.20. The Bertz CT molecular complexity index is 634. The Morgan fingerprint density at radius 2 is 2.17 bits per heavy atom. The van der Waals surface area contributed by atoms with Gasteiger partial charge in [-0.3, -0.25) is 9.69 Å². The molecule has 9 heteroatoms. The molecule has 1 aliphatic heterocycles. The molecule has 0 radical (unpaired) electrons. The Morgan fingerprint density at radius 3 is 2.93 bits per heavy atom. The van der Waals surface area contributed by atoms with Crippen LogP contribution < -0.4 is 11.1 Å². The molecule has 1 aromatic heterocycles. The molecule has 0 fully saturated rings. The first-order valence-corrected chi connectivity index (χ1v) is 10.3. The first-order valence-electron chi connectivity index (χ1n) is 10.3. The van der Waals surface area contributed by atoms with Gasteiger partial charge in [-0.25, -0.2) is 13.8 Å². The lowest BCUT2D eigenvalue weighted by molar-refractivity contribution is -0.137. The van der Waals surface area contributed by atoms with Crippen LogP contribution in [0.5, 0.6) is 0 Å². The largest absolute Gasteiger partial charge is 0.481 e. The van der Waals surface area contributed by atoms with E-state index < -0.39 is 25.2 Å². The first-order chi connectivity index (χ1) is 14.0. The van der Waals surface area contributed by atoms with E-state index in [0.717, 1.165) is 50.2 Å². The number of hydrogen-bond acceptors (Lipinski definition) is 6. The fourth-order valence-corrected chi connectivity index (χ4v) is 3.38. The van der Waals surface area contributed by atoms with E-state index in [1.165, 1.54) is 5.56 Å². The molecule has 1 atom stereocenters. The maximum atomic E-state index is 12.2. The SMILES string of the molecule is NC(CCC(=O)O)N(CCCCc1ccc2c(n1)NCCC2)CCOCC(F)F. The van der Waals surface area contributed by atoms with Gasteiger partial charge in [0, 0.05) is 25.2 Å². The zero-order valence-electron chi connectivity index (χ0n) is 16.8. The molecule has 29 heavy (non-hydrogen) atoms. The number of anilines is 1. The molecule has 4 N–H and O–H groups in total. The van der Waals surface area contributed by atoms with Crippen LogP contribution in [-0.2, 0) is 22.4 Å². The second-order valence-corrected chi connectivity index (χ2v) is 7.30. The molecule has 0 amide bonds. The quantitative estimate of drug-likeness (QED) is 0.318. The van der Waals surface area contributed by atoms with E-state index in [1.807, 2.05) is 4.90 Å². The first kappa shape index (κ1) is 23.4. The molecule has 0 saturated heterocycles. The number of fused-ring (bicyclic) bond motifs is 1. The van der Waals surface area contributed by atoms with Crippen LogP contribution >= 0.6 is 0 Å². The summed E-state index contributed by atoms with van der Waals surface area (Å²) in [4.78, 5) is 17.4. The number of nitrogens with zero attached hydrogens (tertiary/aromatic N) is 2. The third-order valence-electron chi connectivity index (χ3n) is 4.97. The second kappa shape index (κ2) is 12.7. The van der Waals surface area contributed by atoms with Crippen molar-refractivity contribution in [1.82, 2.24) is 9.88 Å². The van der Waals surface area contributed by atoms with Gasteiger partial charge in [0.15, 0.2) is 0 Å². The maximum Gasteiger partial charge on any atom is 0.303 e. The van der Waals surface area contributed by atoms with Gasteiger partial charge in [0.1, 0.15) is 12.4 Å². The normalized spacial score (nSPS) is 14.7. The summed E-state index contributed by atoms with van der Waals surface area (Å²) in [6.07, 6.45) is 2.14. The van der Waals surface area contributed by atoms with Crippen molar-refractivity contribution in [2.75, 3.05) is 38.2 Å². The number of ether oxygens (including phenoxy) is 1. The van der Waals surface area contributed by atoms with Gasteiger partial charge in [-0.2, -0.15) is 0 Å². The molecule has 0 spiro atoms. The van der Waals surface area contributed by atoms with E-state index in [2.05, 4.69) is 22.4 Å². The number of carbonyl (C=O) groups is 1. The summed E-state index contributed by atoms with van der Waals surface area (Å²) in [6, 6.07) is 4.21. The van der Waals surface area contributed by atoms with E-state index in [9.17, 15) is 13.6 Å². The Labute approximate surface area is 170 Å². The van der Waals surface area contributed by atoms with E-state index in [4.69, 9.17) is 15.6 Å². The molecule has 2 rings (SSSR count). The van der Waals surface area contributed by atoms with Gasteiger partial charge >= 0.3 is 5.97 Å². The van der Waals surface area contributed by atoms with Gasteiger partial charge in [0.05, 0.1) is 12.8 Å². The maximum absolute atomic E-state index is 12.2. The van der Waals surface area contributed by atoms with Crippen LogP contribution in [-0.4, -0.2) is 66.4 Å². The average Bonchev–Trinajstić information content (AvgIpc) is 2.70. The third kappa shape index (κ3) is 9.01. The van der Waals surface area contributed by atoms with Crippen molar-refractivity contribution >= 4 is 11.8 Å². The van der Waals surface area contributed by atoms with Crippen molar-refractivity contribution in [2.45, 2.75) is 57.5 Å². The van der Waals surface area contributed by atoms with E-state index in [0.29, 0.717) is 19.5 Å². The van der Waals surface area contributed by atoms with Gasteiger partial charge in [-0.1, -0.05) is 6.07 Å². The smallest absolute Gasteiger partial charge is 0.303 e. The average molecular weight is 414 g/mol. The number of hydrogen-bond donors (Lipinski definition) is 3. The Hall–Kier alpha value is -1.84. The van der Waals surface area contributed by atoms with Gasteiger partial charge in [-0.15, -0.1) is 0 Å². The lowest BCUT2D eigenvalue weighted by Gasteiger charge is -2.28. The lowest BCUT2D eigenvalue weighted by atomic mass is 10.1. The fraction of sp³-hybridized carbons (Fsp3) is 0.700. The van der Waals surface area contributed by atoms with Crippen molar-refractivity contribution in [3.8, 4) is 0 Å². The predicted octanol–water partition coefficient (Wildman–Crippen LogP) is 2.50. The molecule has 164 valence electrons. The molecule has 1 unspecified atom stereocenters.